The van der Waals surface area contributed by atoms with E-state index in [1.165, 1.54) is 11.8 Å². The minimum absolute atomic E-state index is 0.141. The Morgan fingerprint density at radius 2 is 1.95 bits per heavy atom. The molecule has 0 unspecified atom stereocenters. The van der Waals surface area contributed by atoms with Gasteiger partial charge in [-0.05, 0) is 34.7 Å². The van der Waals surface area contributed by atoms with E-state index in [1.807, 2.05) is 20.8 Å². The van der Waals surface area contributed by atoms with Crippen LogP contribution in [-0.2, 0) is 4.79 Å². The highest BCUT2D eigenvalue weighted by molar-refractivity contribution is 7.99. The number of nitrogens with zero attached hydrogens (tertiary/aromatic N) is 4. The molecule has 1 heterocycles. The summed E-state index contributed by atoms with van der Waals surface area (Å²) in [5.41, 5.74) is 0.364. The van der Waals surface area contributed by atoms with Gasteiger partial charge in [-0.2, -0.15) is 4.68 Å². The molecule has 0 saturated carbocycles. The van der Waals surface area contributed by atoms with Crippen LogP contribution in [0.1, 0.15) is 20.8 Å². The first-order chi connectivity index (χ1) is 9.38. The Morgan fingerprint density at radius 1 is 1.30 bits per heavy atom. The van der Waals surface area contributed by atoms with Gasteiger partial charge in [0.15, 0.2) is 0 Å². The maximum Gasteiger partial charge on any atom is 0.214 e. The number of aromatic nitrogens is 4. The van der Waals surface area contributed by atoms with Gasteiger partial charge in [-0.3, -0.25) is 4.79 Å². The second-order valence-corrected chi connectivity index (χ2v) is 6.29. The summed E-state index contributed by atoms with van der Waals surface area (Å²) in [4.78, 5) is 11.9. The van der Waals surface area contributed by atoms with Crippen molar-refractivity contribution in [2.45, 2.75) is 25.9 Å². The molecule has 2 rings (SSSR count). The molecule has 0 aliphatic heterocycles. The molecule has 0 saturated heterocycles. The first-order valence-electron chi connectivity index (χ1n) is 6.12. The molecule has 6 nitrogen and oxygen atoms in total. The first kappa shape index (κ1) is 14.5. The van der Waals surface area contributed by atoms with E-state index in [0.29, 0.717) is 10.9 Å². The molecule has 0 bridgehead atoms. The monoisotopic (exact) mass is 292 g/mol. The number of carbonyl (C=O) groups excluding carboxylic acids is 1. The van der Waals surface area contributed by atoms with Crippen molar-refractivity contribution in [2.75, 3.05) is 5.75 Å². The van der Waals surface area contributed by atoms with Crippen LogP contribution in [0.2, 0.25) is 0 Å². The summed E-state index contributed by atoms with van der Waals surface area (Å²) in [5.74, 6) is 0.642. The van der Waals surface area contributed by atoms with Gasteiger partial charge in [0.05, 0.1) is 11.4 Å². The Hall–Kier alpha value is -1.89. The minimum atomic E-state index is -0.371. The summed E-state index contributed by atoms with van der Waals surface area (Å²) in [6.45, 7) is 5.66. The van der Waals surface area contributed by atoms with Gasteiger partial charge >= 0.3 is 0 Å². The zero-order valence-corrected chi connectivity index (χ0v) is 12.4. The van der Waals surface area contributed by atoms with Gasteiger partial charge in [0.2, 0.25) is 5.16 Å². The maximum atomic E-state index is 11.9. The summed E-state index contributed by atoms with van der Waals surface area (Å²) in [6, 6.07) is 6.54. The van der Waals surface area contributed by atoms with Gasteiger partial charge < -0.3 is 5.11 Å². The molecule has 1 aromatic heterocycles. The number of benzene rings is 1. The highest BCUT2D eigenvalue weighted by Gasteiger charge is 2.22. The number of tetrazole rings is 1. The molecule has 1 aromatic carbocycles. The van der Waals surface area contributed by atoms with Crippen LogP contribution in [0.5, 0.6) is 5.75 Å². The lowest BCUT2D eigenvalue weighted by Crippen LogP contribution is -2.22. The minimum Gasteiger partial charge on any atom is -0.508 e. The van der Waals surface area contributed by atoms with Crippen molar-refractivity contribution in [3.05, 3.63) is 24.3 Å². The van der Waals surface area contributed by atoms with Crippen molar-refractivity contribution in [3.8, 4) is 11.4 Å². The number of aromatic hydroxyl groups is 1. The molecule has 0 radical (unpaired) electrons. The fourth-order valence-corrected chi connectivity index (χ4v) is 2.42. The smallest absolute Gasteiger partial charge is 0.214 e. The van der Waals surface area contributed by atoms with Crippen LogP contribution in [-0.4, -0.2) is 36.8 Å². The fraction of sp³-hybridized carbons (Fsp3) is 0.385. The molecule has 2 aromatic rings. The molecule has 106 valence electrons. The van der Waals surface area contributed by atoms with E-state index >= 15 is 0 Å². The summed E-state index contributed by atoms with van der Waals surface area (Å²) in [7, 11) is 0. The highest BCUT2D eigenvalue weighted by Crippen LogP contribution is 2.23. The third kappa shape index (κ3) is 3.36. The number of hydrogen-bond acceptors (Lipinski definition) is 6. The number of hydrogen-bond donors (Lipinski definition) is 1. The topological polar surface area (TPSA) is 80.9 Å². The van der Waals surface area contributed by atoms with Crippen LogP contribution in [0, 0.1) is 5.41 Å². The van der Waals surface area contributed by atoms with E-state index in [1.54, 1.807) is 28.9 Å². The van der Waals surface area contributed by atoms with Gasteiger partial charge in [-0.25, -0.2) is 0 Å². The van der Waals surface area contributed by atoms with E-state index in [4.69, 9.17) is 0 Å². The molecule has 0 atom stereocenters. The van der Waals surface area contributed by atoms with Gasteiger partial charge in [0.25, 0.3) is 0 Å². The van der Waals surface area contributed by atoms with Gasteiger partial charge in [-0.15, -0.1) is 5.10 Å². The fourth-order valence-electron chi connectivity index (χ4n) is 1.37. The Morgan fingerprint density at radius 3 is 2.55 bits per heavy atom. The molecule has 0 aliphatic rings. The SMILES string of the molecule is CC(C)(C)C(=O)CSc1nnnn1-c1ccc(O)cc1. The lowest BCUT2D eigenvalue weighted by Gasteiger charge is -2.15. The summed E-state index contributed by atoms with van der Waals surface area (Å²) in [6.07, 6.45) is 0. The number of phenols is 1. The van der Waals surface area contributed by atoms with Gasteiger partial charge in [0.1, 0.15) is 11.5 Å². The average Bonchev–Trinajstić information content (AvgIpc) is 2.84. The number of phenolic OH excluding ortho intramolecular Hbond substituents is 1. The van der Waals surface area contributed by atoms with Crippen LogP contribution < -0.4 is 0 Å². The standard InChI is InChI=1S/C13H16N4O2S/c1-13(2,3)11(19)8-20-12-14-15-16-17(12)9-4-6-10(18)7-5-9/h4-7,18H,8H2,1-3H3. The molecular formula is C13H16N4O2S. The van der Waals surface area contributed by atoms with Gasteiger partial charge in [0, 0.05) is 5.41 Å². The second-order valence-electron chi connectivity index (χ2n) is 5.35. The molecule has 20 heavy (non-hydrogen) atoms. The molecule has 7 heteroatoms. The van der Waals surface area contributed by atoms with Crippen LogP contribution in [0.3, 0.4) is 0 Å². The summed E-state index contributed by atoms with van der Waals surface area (Å²) >= 11 is 1.30. The molecule has 0 aliphatic carbocycles. The van der Waals surface area contributed by atoms with Gasteiger partial charge in [-0.1, -0.05) is 32.5 Å². The van der Waals surface area contributed by atoms with Crippen molar-refractivity contribution in [1.82, 2.24) is 20.2 Å². The average molecular weight is 292 g/mol. The Bertz CT molecular complexity index is 602. The van der Waals surface area contributed by atoms with Crippen molar-refractivity contribution in [2.24, 2.45) is 5.41 Å². The lowest BCUT2D eigenvalue weighted by molar-refractivity contribution is -0.123. The molecule has 0 amide bonds. The summed E-state index contributed by atoms with van der Waals surface area (Å²) < 4.78 is 1.54. The molecular weight excluding hydrogens is 276 g/mol. The predicted molar refractivity (Wildman–Crippen MR) is 76.0 cm³/mol. The summed E-state index contributed by atoms with van der Waals surface area (Å²) in [5, 5.41) is 21.3. The number of ketones is 1. The molecule has 1 N–H and O–H groups in total. The van der Waals surface area contributed by atoms with Crippen LogP contribution >= 0.6 is 11.8 Å². The zero-order chi connectivity index (χ0) is 14.8. The lowest BCUT2D eigenvalue weighted by atomic mass is 9.92. The maximum absolute atomic E-state index is 11.9. The first-order valence-corrected chi connectivity index (χ1v) is 7.10. The van der Waals surface area contributed by atoms with Crippen molar-refractivity contribution >= 4 is 17.5 Å². The van der Waals surface area contributed by atoms with Crippen LogP contribution in [0.4, 0.5) is 0 Å². The highest BCUT2D eigenvalue weighted by atomic mass is 32.2. The van der Waals surface area contributed by atoms with E-state index in [9.17, 15) is 9.90 Å². The Balaban J connectivity index is 2.13. The van der Waals surface area contributed by atoms with E-state index < -0.39 is 0 Å². The Kier molecular flexibility index (Phi) is 4.08. The second kappa shape index (κ2) is 5.62. The number of thioether (sulfide) groups is 1. The normalized spacial score (nSPS) is 11.6. The van der Waals surface area contributed by atoms with Crippen LogP contribution in [0.25, 0.3) is 5.69 Å². The van der Waals surface area contributed by atoms with Crippen LogP contribution in [0.15, 0.2) is 29.4 Å². The van der Waals surface area contributed by atoms with E-state index in [0.717, 1.165) is 5.69 Å². The van der Waals surface area contributed by atoms with Crippen molar-refractivity contribution < 1.29 is 9.90 Å². The Labute approximate surface area is 121 Å². The molecule has 0 spiro atoms. The zero-order valence-electron chi connectivity index (χ0n) is 11.6. The third-order valence-corrected chi connectivity index (χ3v) is 3.62. The van der Waals surface area contributed by atoms with E-state index in [2.05, 4.69) is 15.5 Å². The molecule has 0 fully saturated rings. The quantitative estimate of drug-likeness (QED) is 0.869. The number of Topliss-reactive ketones (excluding diaryl/α,β-unsaturated/α-hetero) is 1. The largest absolute Gasteiger partial charge is 0.508 e. The van der Waals surface area contributed by atoms with Crippen molar-refractivity contribution in [1.29, 1.82) is 0 Å². The van der Waals surface area contributed by atoms with Crippen molar-refractivity contribution in [3.63, 3.8) is 0 Å². The third-order valence-electron chi connectivity index (χ3n) is 2.70. The van der Waals surface area contributed by atoms with E-state index in [-0.39, 0.29) is 16.9 Å². The number of rotatable bonds is 4. The number of carbonyl (C=O) groups is 1. The predicted octanol–water partition coefficient (Wildman–Crippen LogP) is 2.08.